The molecule has 0 unspecified atom stereocenters. The van der Waals surface area contributed by atoms with E-state index in [4.69, 9.17) is 4.74 Å². The Balaban J connectivity index is 1.72. The number of ether oxygens (including phenoxy) is 1. The summed E-state index contributed by atoms with van der Waals surface area (Å²) in [5.41, 5.74) is 4.55. The summed E-state index contributed by atoms with van der Waals surface area (Å²) in [4.78, 5) is 4.34. The van der Waals surface area contributed by atoms with Gasteiger partial charge in [-0.1, -0.05) is 24.3 Å². The first-order chi connectivity index (χ1) is 10.3. The molecule has 0 fully saturated rings. The second-order valence-corrected chi connectivity index (χ2v) is 5.02. The van der Waals surface area contributed by atoms with Crippen LogP contribution in [0.2, 0.25) is 0 Å². The zero-order valence-electron chi connectivity index (χ0n) is 12.0. The second kappa shape index (κ2) is 6.37. The number of aromatic nitrogens is 1. The first-order valence-corrected chi connectivity index (χ1v) is 7.00. The van der Waals surface area contributed by atoms with Crippen LogP contribution in [0.15, 0.2) is 60.8 Å². The summed E-state index contributed by atoms with van der Waals surface area (Å²) in [6, 6.07) is 18.7. The number of hydrogen-bond donors (Lipinski definition) is 1. The summed E-state index contributed by atoms with van der Waals surface area (Å²) in [5.74, 6) is 0. The number of nitrogens with zero attached hydrogens (tertiary/aromatic N) is 1. The van der Waals surface area contributed by atoms with E-state index in [9.17, 15) is 0 Å². The minimum Gasteiger partial charge on any atom is -0.381 e. The lowest BCUT2D eigenvalue weighted by Gasteiger charge is -2.09. The van der Waals surface area contributed by atoms with Crippen molar-refractivity contribution >= 4 is 16.6 Å². The van der Waals surface area contributed by atoms with Crippen LogP contribution in [0.5, 0.6) is 0 Å². The molecular formula is C18H18N2O. The fourth-order valence-corrected chi connectivity index (χ4v) is 2.38. The van der Waals surface area contributed by atoms with E-state index in [1.807, 2.05) is 18.3 Å². The van der Waals surface area contributed by atoms with Crippen molar-refractivity contribution < 1.29 is 4.74 Å². The van der Waals surface area contributed by atoms with E-state index >= 15 is 0 Å². The van der Waals surface area contributed by atoms with E-state index < -0.39 is 0 Å². The molecule has 0 radical (unpaired) electrons. The molecule has 0 aliphatic heterocycles. The van der Waals surface area contributed by atoms with Gasteiger partial charge in [0.15, 0.2) is 0 Å². The maximum absolute atomic E-state index is 5.16. The van der Waals surface area contributed by atoms with Crippen LogP contribution in [0.4, 0.5) is 5.69 Å². The third kappa shape index (κ3) is 3.38. The minimum atomic E-state index is 0.636. The Kier molecular flexibility index (Phi) is 4.12. The molecule has 0 saturated carbocycles. The summed E-state index contributed by atoms with van der Waals surface area (Å²) in [7, 11) is 1.71. The van der Waals surface area contributed by atoms with E-state index in [1.165, 1.54) is 16.5 Å². The predicted molar refractivity (Wildman–Crippen MR) is 86.2 cm³/mol. The number of hydrogen-bond acceptors (Lipinski definition) is 3. The molecule has 21 heavy (non-hydrogen) atoms. The van der Waals surface area contributed by atoms with Crippen molar-refractivity contribution in [2.24, 2.45) is 0 Å². The van der Waals surface area contributed by atoms with E-state index in [0.717, 1.165) is 17.7 Å². The molecule has 0 bridgehead atoms. The van der Waals surface area contributed by atoms with E-state index in [1.54, 1.807) is 7.11 Å². The highest BCUT2D eigenvalue weighted by atomic mass is 16.5. The molecule has 3 rings (SSSR count). The Morgan fingerprint density at radius 3 is 2.86 bits per heavy atom. The van der Waals surface area contributed by atoms with Gasteiger partial charge in [0, 0.05) is 30.9 Å². The Labute approximate surface area is 124 Å². The highest BCUT2D eigenvalue weighted by Gasteiger charge is 1.99. The third-order valence-electron chi connectivity index (χ3n) is 3.40. The quantitative estimate of drug-likeness (QED) is 0.766. The van der Waals surface area contributed by atoms with Crippen LogP contribution in [0.25, 0.3) is 10.9 Å². The molecule has 1 heterocycles. The van der Waals surface area contributed by atoms with Crippen molar-refractivity contribution in [3.05, 3.63) is 71.9 Å². The summed E-state index contributed by atoms with van der Waals surface area (Å²) < 4.78 is 5.16. The Morgan fingerprint density at radius 2 is 1.95 bits per heavy atom. The van der Waals surface area contributed by atoms with Crippen molar-refractivity contribution in [3.63, 3.8) is 0 Å². The summed E-state index contributed by atoms with van der Waals surface area (Å²) in [6.45, 7) is 1.43. The molecule has 3 heteroatoms. The molecule has 0 amide bonds. The molecule has 1 N–H and O–H groups in total. The molecule has 0 saturated heterocycles. The minimum absolute atomic E-state index is 0.636. The van der Waals surface area contributed by atoms with Gasteiger partial charge in [-0.2, -0.15) is 0 Å². The van der Waals surface area contributed by atoms with Crippen molar-refractivity contribution in [2.75, 3.05) is 12.4 Å². The van der Waals surface area contributed by atoms with Crippen LogP contribution >= 0.6 is 0 Å². The normalized spacial score (nSPS) is 10.7. The van der Waals surface area contributed by atoms with Crippen LogP contribution in [0.1, 0.15) is 11.1 Å². The molecular weight excluding hydrogens is 260 g/mol. The first-order valence-electron chi connectivity index (χ1n) is 7.00. The fraction of sp³-hybridized carbons (Fsp3) is 0.167. The van der Waals surface area contributed by atoms with Crippen LogP contribution in [0.3, 0.4) is 0 Å². The van der Waals surface area contributed by atoms with Gasteiger partial charge in [-0.15, -0.1) is 0 Å². The zero-order chi connectivity index (χ0) is 14.5. The molecule has 2 aromatic carbocycles. The largest absolute Gasteiger partial charge is 0.381 e. The number of pyridine rings is 1. The third-order valence-corrected chi connectivity index (χ3v) is 3.40. The Morgan fingerprint density at radius 1 is 1.00 bits per heavy atom. The molecule has 0 aliphatic rings. The van der Waals surface area contributed by atoms with Gasteiger partial charge in [-0.05, 0) is 41.5 Å². The van der Waals surface area contributed by atoms with Gasteiger partial charge < -0.3 is 10.1 Å². The van der Waals surface area contributed by atoms with Gasteiger partial charge in [0.25, 0.3) is 0 Å². The number of anilines is 1. The maximum atomic E-state index is 5.16. The summed E-state index contributed by atoms with van der Waals surface area (Å²) >= 11 is 0. The fourth-order valence-electron chi connectivity index (χ4n) is 2.38. The predicted octanol–water partition coefficient (Wildman–Crippen LogP) is 3.99. The lowest BCUT2D eigenvalue weighted by atomic mass is 10.1. The monoisotopic (exact) mass is 278 g/mol. The number of methoxy groups -OCH3 is 1. The van der Waals surface area contributed by atoms with Crippen LogP contribution in [0, 0.1) is 0 Å². The van der Waals surface area contributed by atoms with Gasteiger partial charge in [0.1, 0.15) is 0 Å². The molecule has 0 atom stereocenters. The molecule has 3 nitrogen and oxygen atoms in total. The standard InChI is InChI=1S/C18H18N2O/c1-21-13-15-4-2-6-17(11-15)20-12-14-7-8-18-16(10-14)5-3-9-19-18/h2-11,20H,12-13H2,1H3. The molecule has 106 valence electrons. The van der Waals surface area contributed by atoms with Crippen molar-refractivity contribution in [1.29, 1.82) is 0 Å². The molecule has 0 spiro atoms. The molecule has 3 aromatic rings. The summed E-state index contributed by atoms with van der Waals surface area (Å²) in [5, 5.41) is 4.62. The SMILES string of the molecule is COCc1cccc(NCc2ccc3ncccc3c2)c1. The van der Waals surface area contributed by atoms with Gasteiger partial charge in [-0.3, -0.25) is 4.98 Å². The first kappa shape index (κ1) is 13.6. The molecule has 0 aliphatic carbocycles. The topological polar surface area (TPSA) is 34.1 Å². The highest BCUT2D eigenvalue weighted by Crippen LogP contribution is 2.16. The highest BCUT2D eigenvalue weighted by molar-refractivity contribution is 5.78. The Bertz CT molecular complexity index is 740. The van der Waals surface area contributed by atoms with Crippen molar-refractivity contribution in [3.8, 4) is 0 Å². The summed E-state index contributed by atoms with van der Waals surface area (Å²) in [6.07, 6.45) is 1.82. The Hall–Kier alpha value is -2.39. The lowest BCUT2D eigenvalue weighted by molar-refractivity contribution is 0.185. The number of fused-ring (bicyclic) bond motifs is 1. The molecule has 1 aromatic heterocycles. The average Bonchev–Trinajstić information content (AvgIpc) is 2.53. The van der Waals surface area contributed by atoms with Crippen molar-refractivity contribution in [2.45, 2.75) is 13.2 Å². The van der Waals surface area contributed by atoms with E-state index in [-0.39, 0.29) is 0 Å². The number of rotatable bonds is 5. The maximum Gasteiger partial charge on any atom is 0.0713 e. The number of nitrogens with one attached hydrogen (secondary N) is 1. The van der Waals surface area contributed by atoms with Gasteiger partial charge in [0.2, 0.25) is 0 Å². The average molecular weight is 278 g/mol. The van der Waals surface area contributed by atoms with Crippen LogP contribution < -0.4 is 5.32 Å². The van der Waals surface area contributed by atoms with Crippen LogP contribution in [-0.4, -0.2) is 12.1 Å². The van der Waals surface area contributed by atoms with Gasteiger partial charge in [0.05, 0.1) is 12.1 Å². The second-order valence-electron chi connectivity index (χ2n) is 5.02. The zero-order valence-corrected chi connectivity index (χ0v) is 12.0. The van der Waals surface area contributed by atoms with E-state index in [2.05, 4.69) is 52.8 Å². The van der Waals surface area contributed by atoms with Gasteiger partial charge in [-0.25, -0.2) is 0 Å². The van der Waals surface area contributed by atoms with Crippen molar-refractivity contribution in [1.82, 2.24) is 4.98 Å². The number of benzene rings is 2. The lowest BCUT2D eigenvalue weighted by Crippen LogP contribution is -2.00. The van der Waals surface area contributed by atoms with E-state index in [0.29, 0.717) is 6.61 Å². The smallest absolute Gasteiger partial charge is 0.0713 e. The van der Waals surface area contributed by atoms with Crippen LogP contribution in [-0.2, 0) is 17.9 Å². The van der Waals surface area contributed by atoms with Gasteiger partial charge >= 0.3 is 0 Å².